The summed E-state index contributed by atoms with van der Waals surface area (Å²) in [6.45, 7) is 1.53. The van der Waals surface area contributed by atoms with E-state index < -0.39 is 29.6 Å². The minimum Gasteiger partial charge on any atom is -0.378 e. The highest BCUT2D eigenvalue weighted by atomic mass is 32.1. The molecule has 3 heterocycles. The number of amides is 1. The van der Waals surface area contributed by atoms with Crippen molar-refractivity contribution in [2.45, 2.75) is 19.1 Å². The first-order valence-corrected chi connectivity index (χ1v) is 9.31. The predicted molar refractivity (Wildman–Crippen MR) is 95.5 cm³/mol. The van der Waals surface area contributed by atoms with Gasteiger partial charge >= 0.3 is 6.18 Å². The van der Waals surface area contributed by atoms with Crippen molar-refractivity contribution < 1.29 is 27.5 Å². The quantitative estimate of drug-likeness (QED) is 0.704. The summed E-state index contributed by atoms with van der Waals surface area (Å²) in [5, 5.41) is 0. The third kappa shape index (κ3) is 4.87. The number of Topliss-reactive ketones (excluding diaryl/α,β-unsaturated/α-hetero) is 1. The zero-order chi connectivity index (χ0) is 20.3. The molecule has 0 unspecified atom stereocenters. The lowest BCUT2D eigenvalue weighted by atomic mass is 10.2. The van der Waals surface area contributed by atoms with Gasteiger partial charge in [-0.25, -0.2) is 0 Å². The van der Waals surface area contributed by atoms with Crippen LogP contribution in [0.3, 0.4) is 0 Å². The summed E-state index contributed by atoms with van der Waals surface area (Å²) in [7, 11) is 0. The van der Waals surface area contributed by atoms with E-state index in [9.17, 15) is 27.6 Å². The summed E-state index contributed by atoms with van der Waals surface area (Å²) in [4.78, 5) is 39.1. The van der Waals surface area contributed by atoms with Gasteiger partial charge in [0.05, 0.1) is 36.6 Å². The van der Waals surface area contributed by atoms with Gasteiger partial charge in [-0.2, -0.15) is 13.2 Å². The third-order valence-electron chi connectivity index (χ3n) is 4.25. The van der Waals surface area contributed by atoms with Gasteiger partial charge in [0, 0.05) is 30.2 Å². The number of rotatable bonds is 5. The monoisotopic (exact) mass is 414 g/mol. The van der Waals surface area contributed by atoms with E-state index in [1.54, 1.807) is 11.0 Å². The first kappa shape index (κ1) is 20.3. The molecule has 0 atom stereocenters. The summed E-state index contributed by atoms with van der Waals surface area (Å²) in [5.41, 5.74) is -1.69. The van der Waals surface area contributed by atoms with Crippen molar-refractivity contribution in [3.63, 3.8) is 0 Å². The van der Waals surface area contributed by atoms with Gasteiger partial charge in [0.1, 0.15) is 0 Å². The molecule has 1 amide bonds. The molecule has 0 aliphatic carbocycles. The topological polar surface area (TPSA) is 68.6 Å². The number of halogens is 3. The molecule has 150 valence electrons. The summed E-state index contributed by atoms with van der Waals surface area (Å²) < 4.78 is 44.3. The largest absolute Gasteiger partial charge is 0.417 e. The molecule has 0 saturated carbocycles. The molecule has 0 N–H and O–H groups in total. The lowest BCUT2D eigenvalue weighted by Crippen LogP contribution is -2.41. The standard InChI is InChI=1S/C18H17F3N2O4S/c19-18(20,21)12-1-4-16(25)23(10-12)11-14(24)15-3-2-13(28-15)9-17(26)22-5-7-27-8-6-22/h1-4,10H,5-9,11H2. The molecule has 0 spiro atoms. The van der Waals surface area contributed by atoms with Crippen LogP contribution in [-0.2, 0) is 28.7 Å². The fourth-order valence-electron chi connectivity index (χ4n) is 2.75. The summed E-state index contributed by atoms with van der Waals surface area (Å²) >= 11 is 1.10. The highest BCUT2D eigenvalue weighted by molar-refractivity contribution is 7.14. The van der Waals surface area contributed by atoms with Gasteiger partial charge in [-0.1, -0.05) is 0 Å². The van der Waals surface area contributed by atoms with Crippen LogP contribution in [0.4, 0.5) is 13.2 Å². The van der Waals surface area contributed by atoms with Crippen LogP contribution in [0.15, 0.2) is 35.3 Å². The molecule has 6 nitrogen and oxygen atoms in total. The first-order valence-electron chi connectivity index (χ1n) is 8.49. The molecule has 28 heavy (non-hydrogen) atoms. The molecule has 0 radical (unpaired) electrons. The molecule has 1 saturated heterocycles. The van der Waals surface area contributed by atoms with E-state index in [4.69, 9.17) is 4.74 Å². The van der Waals surface area contributed by atoms with Crippen LogP contribution < -0.4 is 5.56 Å². The molecule has 10 heteroatoms. The maximum absolute atomic E-state index is 12.8. The Labute approximate surface area is 162 Å². The van der Waals surface area contributed by atoms with Gasteiger partial charge in [-0.15, -0.1) is 11.3 Å². The molecule has 2 aromatic rings. The Balaban J connectivity index is 1.67. The Hall–Kier alpha value is -2.46. The molecule has 1 aliphatic rings. The Bertz CT molecular complexity index is 929. The number of thiophene rings is 1. The highest BCUT2D eigenvalue weighted by Crippen LogP contribution is 2.28. The van der Waals surface area contributed by atoms with Crippen LogP contribution in [0.1, 0.15) is 20.1 Å². The molecular weight excluding hydrogens is 397 g/mol. The highest BCUT2D eigenvalue weighted by Gasteiger charge is 2.31. The molecular formula is C18H17F3N2O4S. The van der Waals surface area contributed by atoms with Crippen LogP contribution in [-0.4, -0.2) is 47.5 Å². The Morgan fingerprint density at radius 2 is 1.82 bits per heavy atom. The number of carbonyl (C=O) groups is 2. The molecule has 1 fully saturated rings. The average Bonchev–Trinajstić information content (AvgIpc) is 3.12. The number of ether oxygens (including phenoxy) is 1. The number of ketones is 1. The lowest BCUT2D eigenvalue weighted by molar-refractivity contribution is -0.138. The van der Waals surface area contributed by atoms with Crippen molar-refractivity contribution in [1.82, 2.24) is 9.47 Å². The van der Waals surface area contributed by atoms with Crippen molar-refractivity contribution in [3.8, 4) is 0 Å². The number of aromatic nitrogens is 1. The number of hydrogen-bond acceptors (Lipinski definition) is 5. The van der Waals surface area contributed by atoms with Crippen LogP contribution in [0.25, 0.3) is 0 Å². The first-order chi connectivity index (χ1) is 13.2. The Morgan fingerprint density at radius 1 is 1.11 bits per heavy atom. The van der Waals surface area contributed by atoms with Gasteiger partial charge < -0.3 is 14.2 Å². The van der Waals surface area contributed by atoms with Gasteiger partial charge in [0.15, 0.2) is 5.78 Å². The van der Waals surface area contributed by atoms with E-state index in [0.717, 1.165) is 22.0 Å². The number of morpholine rings is 1. The number of nitrogens with zero attached hydrogens (tertiary/aromatic N) is 2. The van der Waals surface area contributed by atoms with Crippen molar-refractivity contribution >= 4 is 23.0 Å². The molecule has 2 aromatic heterocycles. The normalized spacial score (nSPS) is 14.9. The maximum atomic E-state index is 12.8. The Kier molecular flexibility index (Phi) is 5.99. The second-order valence-electron chi connectivity index (χ2n) is 6.24. The number of alkyl halides is 3. The predicted octanol–water partition coefficient (Wildman–Crippen LogP) is 2.21. The van der Waals surface area contributed by atoms with Crippen LogP contribution >= 0.6 is 11.3 Å². The van der Waals surface area contributed by atoms with Crippen molar-refractivity contribution in [2.24, 2.45) is 0 Å². The van der Waals surface area contributed by atoms with Crippen LogP contribution in [0, 0.1) is 0 Å². The van der Waals surface area contributed by atoms with E-state index in [1.165, 1.54) is 6.07 Å². The van der Waals surface area contributed by atoms with E-state index >= 15 is 0 Å². The summed E-state index contributed by atoms with van der Waals surface area (Å²) in [6.07, 6.45) is -3.83. The maximum Gasteiger partial charge on any atom is 0.417 e. The van der Waals surface area contributed by atoms with E-state index in [1.807, 2.05) is 0 Å². The van der Waals surface area contributed by atoms with Crippen molar-refractivity contribution in [3.05, 3.63) is 56.1 Å². The fourth-order valence-corrected chi connectivity index (χ4v) is 3.68. The van der Waals surface area contributed by atoms with Gasteiger partial charge in [-0.05, 0) is 18.2 Å². The molecule has 3 rings (SSSR count). The van der Waals surface area contributed by atoms with E-state index in [0.29, 0.717) is 43.4 Å². The zero-order valence-electron chi connectivity index (χ0n) is 14.7. The van der Waals surface area contributed by atoms with Crippen LogP contribution in [0.5, 0.6) is 0 Å². The summed E-state index contributed by atoms with van der Waals surface area (Å²) in [6, 6.07) is 4.64. The summed E-state index contributed by atoms with van der Waals surface area (Å²) in [5.74, 6) is -0.560. The Morgan fingerprint density at radius 3 is 2.50 bits per heavy atom. The van der Waals surface area contributed by atoms with E-state index in [-0.39, 0.29) is 17.2 Å². The molecule has 1 aliphatic heterocycles. The minimum absolute atomic E-state index is 0.0711. The van der Waals surface area contributed by atoms with Gasteiger partial charge in [-0.3, -0.25) is 14.4 Å². The third-order valence-corrected chi connectivity index (χ3v) is 5.38. The van der Waals surface area contributed by atoms with Crippen molar-refractivity contribution in [2.75, 3.05) is 26.3 Å². The second kappa shape index (κ2) is 8.27. The number of hydrogen-bond donors (Lipinski definition) is 0. The SMILES string of the molecule is O=C(Cn1cc(C(F)(F)F)ccc1=O)c1ccc(CC(=O)N2CCOCC2)s1. The molecule has 0 bridgehead atoms. The minimum atomic E-state index is -4.60. The van der Waals surface area contributed by atoms with Gasteiger partial charge in [0.25, 0.3) is 5.56 Å². The second-order valence-corrected chi connectivity index (χ2v) is 7.41. The lowest BCUT2D eigenvalue weighted by Gasteiger charge is -2.26. The number of carbonyl (C=O) groups excluding carboxylic acids is 2. The number of pyridine rings is 1. The van der Waals surface area contributed by atoms with Crippen molar-refractivity contribution in [1.29, 1.82) is 0 Å². The van der Waals surface area contributed by atoms with Gasteiger partial charge in [0.2, 0.25) is 5.91 Å². The van der Waals surface area contributed by atoms with Crippen LogP contribution in [0.2, 0.25) is 0 Å². The van der Waals surface area contributed by atoms with E-state index in [2.05, 4.69) is 0 Å². The smallest absolute Gasteiger partial charge is 0.378 e. The average molecular weight is 414 g/mol. The molecule has 0 aromatic carbocycles. The fraction of sp³-hybridized carbons (Fsp3) is 0.389. The zero-order valence-corrected chi connectivity index (χ0v) is 15.5.